The standard InChI is InChI=1S/C32H38O4/c1-4-7-11-24-12-10-15-29-27(26-13-8-9-14-28(26)31(24)29)20-21-36-25-18-16-23(17-19-25)22-30(34-5-2)32(33)35-6-3/h8-10,12-19,27,30H,4-7,11,20-22H2,1-3H3. The Kier molecular flexibility index (Phi) is 9.18. The highest BCUT2D eigenvalue weighted by atomic mass is 16.6. The van der Waals surface area contributed by atoms with E-state index in [1.165, 1.54) is 40.7 Å². The summed E-state index contributed by atoms with van der Waals surface area (Å²) in [5.74, 6) is 0.884. The Hall–Kier alpha value is -3.11. The Bertz CT molecular complexity index is 1140. The molecule has 4 nitrogen and oxygen atoms in total. The van der Waals surface area contributed by atoms with Crippen LogP contribution in [0.5, 0.6) is 5.75 Å². The first-order chi connectivity index (χ1) is 17.7. The molecule has 4 heteroatoms. The third-order valence-electron chi connectivity index (χ3n) is 6.90. The van der Waals surface area contributed by atoms with Crippen LogP contribution >= 0.6 is 0 Å². The van der Waals surface area contributed by atoms with Crippen LogP contribution in [0.3, 0.4) is 0 Å². The van der Waals surface area contributed by atoms with Crippen molar-refractivity contribution in [3.05, 3.63) is 89.0 Å². The Labute approximate surface area is 215 Å². The minimum Gasteiger partial charge on any atom is -0.494 e. The quantitative estimate of drug-likeness (QED) is 0.241. The highest BCUT2D eigenvalue weighted by Gasteiger charge is 2.29. The van der Waals surface area contributed by atoms with E-state index in [9.17, 15) is 4.79 Å². The predicted octanol–water partition coefficient (Wildman–Crippen LogP) is 7.12. The maximum atomic E-state index is 12.1. The summed E-state index contributed by atoms with van der Waals surface area (Å²) in [5, 5.41) is 0. The van der Waals surface area contributed by atoms with Crippen molar-refractivity contribution in [1.82, 2.24) is 0 Å². The molecule has 0 saturated heterocycles. The minimum absolute atomic E-state index is 0.311. The molecule has 1 aliphatic rings. The van der Waals surface area contributed by atoms with Crippen molar-refractivity contribution in [1.29, 1.82) is 0 Å². The van der Waals surface area contributed by atoms with Gasteiger partial charge in [0.05, 0.1) is 13.2 Å². The largest absolute Gasteiger partial charge is 0.494 e. The lowest BCUT2D eigenvalue weighted by atomic mass is 9.92. The van der Waals surface area contributed by atoms with Crippen LogP contribution in [0.4, 0.5) is 0 Å². The molecule has 0 saturated carbocycles. The maximum absolute atomic E-state index is 12.1. The van der Waals surface area contributed by atoms with E-state index in [1.807, 2.05) is 31.2 Å². The first kappa shape index (κ1) is 26.0. The van der Waals surface area contributed by atoms with Crippen LogP contribution in [0.1, 0.15) is 68.2 Å². The van der Waals surface area contributed by atoms with Gasteiger partial charge in [0.2, 0.25) is 0 Å². The molecule has 0 aliphatic heterocycles. The zero-order valence-electron chi connectivity index (χ0n) is 21.8. The van der Waals surface area contributed by atoms with E-state index < -0.39 is 6.10 Å². The van der Waals surface area contributed by atoms with E-state index in [-0.39, 0.29) is 5.97 Å². The summed E-state index contributed by atoms with van der Waals surface area (Å²) in [6.07, 6.45) is 4.39. The molecule has 0 aromatic heterocycles. The summed E-state index contributed by atoms with van der Waals surface area (Å²) >= 11 is 0. The molecule has 2 unspecified atom stereocenters. The Morgan fingerprint density at radius 1 is 0.889 bits per heavy atom. The van der Waals surface area contributed by atoms with Crippen LogP contribution < -0.4 is 4.74 Å². The number of carbonyl (C=O) groups excluding carboxylic acids is 1. The van der Waals surface area contributed by atoms with Crippen molar-refractivity contribution < 1.29 is 19.0 Å². The number of hydrogen-bond donors (Lipinski definition) is 0. The van der Waals surface area contributed by atoms with Crippen molar-refractivity contribution in [2.45, 2.75) is 64.9 Å². The number of esters is 1. The summed E-state index contributed by atoms with van der Waals surface area (Å²) < 4.78 is 16.9. The van der Waals surface area contributed by atoms with Crippen molar-refractivity contribution >= 4 is 5.97 Å². The molecule has 0 bridgehead atoms. The first-order valence-corrected chi connectivity index (χ1v) is 13.4. The second kappa shape index (κ2) is 12.7. The Balaban J connectivity index is 1.40. The highest BCUT2D eigenvalue weighted by molar-refractivity contribution is 5.81. The minimum atomic E-state index is -0.577. The van der Waals surface area contributed by atoms with Crippen LogP contribution in [-0.2, 0) is 27.1 Å². The van der Waals surface area contributed by atoms with Gasteiger partial charge in [0.1, 0.15) is 5.75 Å². The molecule has 4 rings (SSSR count). The fraction of sp³-hybridized carbons (Fsp3) is 0.406. The zero-order chi connectivity index (χ0) is 25.3. The van der Waals surface area contributed by atoms with Gasteiger partial charge < -0.3 is 14.2 Å². The van der Waals surface area contributed by atoms with Crippen LogP contribution in [0, 0.1) is 0 Å². The van der Waals surface area contributed by atoms with Gasteiger partial charge in [-0.2, -0.15) is 0 Å². The molecule has 3 aromatic carbocycles. The lowest BCUT2D eigenvalue weighted by Crippen LogP contribution is -2.28. The highest BCUT2D eigenvalue weighted by Crippen LogP contribution is 2.48. The second-order valence-electron chi connectivity index (χ2n) is 9.31. The number of rotatable bonds is 13. The van der Waals surface area contributed by atoms with Crippen molar-refractivity contribution in [2.75, 3.05) is 19.8 Å². The molecular weight excluding hydrogens is 448 g/mol. The van der Waals surface area contributed by atoms with Crippen LogP contribution in [-0.4, -0.2) is 31.9 Å². The third kappa shape index (κ3) is 5.99. The third-order valence-corrected chi connectivity index (χ3v) is 6.90. The molecule has 0 spiro atoms. The van der Waals surface area contributed by atoms with Gasteiger partial charge in [0.25, 0.3) is 0 Å². The van der Waals surface area contributed by atoms with Crippen LogP contribution in [0.25, 0.3) is 11.1 Å². The van der Waals surface area contributed by atoms with E-state index in [2.05, 4.69) is 49.4 Å². The van der Waals surface area contributed by atoms with Gasteiger partial charge in [-0.05, 0) is 78.6 Å². The molecule has 0 fully saturated rings. The van der Waals surface area contributed by atoms with E-state index in [0.717, 1.165) is 24.2 Å². The van der Waals surface area contributed by atoms with Crippen LogP contribution in [0.2, 0.25) is 0 Å². The molecular formula is C32H38O4. The SMILES string of the molecule is CCCCc1cccc2c1-c1ccccc1C2CCOc1ccc(CC(OCC)C(=O)OCC)cc1. The van der Waals surface area contributed by atoms with Crippen LogP contribution in [0.15, 0.2) is 66.7 Å². The van der Waals surface area contributed by atoms with Gasteiger partial charge in [-0.15, -0.1) is 0 Å². The smallest absolute Gasteiger partial charge is 0.335 e. The average molecular weight is 487 g/mol. The summed E-state index contributed by atoms with van der Waals surface area (Å²) in [5.41, 5.74) is 8.17. The van der Waals surface area contributed by atoms with Gasteiger partial charge in [-0.25, -0.2) is 4.79 Å². The van der Waals surface area contributed by atoms with Gasteiger partial charge in [-0.3, -0.25) is 0 Å². The molecule has 3 aromatic rings. The summed E-state index contributed by atoms with van der Waals surface area (Å²) in [6.45, 7) is 7.41. The molecule has 0 N–H and O–H groups in total. The summed E-state index contributed by atoms with van der Waals surface area (Å²) in [4.78, 5) is 12.1. The number of hydrogen-bond acceptors (Lipinski definition) is 4. The second-order valence-corrected chi connectivity index (χ2v) is 9.31. The number of ether oxygens (including phenoxy) is 3. The average Bonchev–Trinajstić information content (AvgIpc) is 3.22. The molecule has 0 radical (unpaired) electrons. The molecule has 2 atom stereocenters. The monoisotopic (exact) mass is 486 g/mol. The molecule has 0 heterocycles. The normalized spacial score (nSPS) is 14.7. The number of carbonyl (C=O) groups is 1. The van der Waals surface area contributed by atoms with E-state index >= 15 is 0 Å². The Morgan fingerprint density at radius 3 is 2.42 bits per heavy atom. The van der Waals surface area contributed by atoms with Gasteiger partial charge in [-0.1, -0.05) is 67.9 Å². The van der Waals surface area contributed by atoms with Crippen molar-refractivity contribution in [3.63, 3.8) is 0 Å². The molecule has 0 amide bonds. The fourth-order valence-corrected chi connectivity index (χ4v) is 5.20. The van der Waals surface area contributed by atoms with Crippen molar-refractivity contribution in [2.24, 2.45) is 0 Å². The number of fused-ring (bicyclic) bond motifs is 3. The van der Waals surface area contributed by atoms with Gasteiger partial charge >= 0.3 is 5.97 Å². The fourth-order valence-electron chi connectivity index (χ4n) is 5.20. The van der Waals surface area contributed by atoms with E-state index in [4.69, 9.17) is 14.2 Å². The molecule has 1 aliphatic carbocycles. The number of benzene rings is 3. The summed E-state index contributed by atoms with van der Waals surface area (Å²) in [6, 6.07) is 23.6. The van der Waals surface area contributed by atoms with E-state index in [1.54, 1.807) is 6.92 Å². The topological polar surface area (TPSA) is 44.8 Å². The van der Waals surface area contributed by atoms with Gasteiger partial charge in [0.15, 0.2) is 6.10 Å². The first-order valence-electron chi connectivity index (χ1n) is 13.4. The van der Waals surface area contributed by atoms with E-state index in [0.29, 0.717) is 32.2 Å². The number of aryl methyl sites for hydroxylation is 1. The molecule has 190 valence electrons. The molecule has 36 heavy (non-hydrogen) atoms. The maximum Gasteiger partial charge on any atom is 0.335 e. The van der Waals surface area contributed by atoms with Gasteiger partial charge in [0, 0.05) is 18.9 Å². The number of unbranched alkanes of at least 4 members (excludes halogenated alkanes) is 1. The zero-order valence-corrected chi connectivity index (χ0v) is 21.8. The van der Waals surface area contributed by atoms with Crippen molar-refractivity contribution in [3.8, 4) is 16.9 Å². The lowest BCUT2D eigenvalue weighted by Gasteiger charge is -2.16. The summed E-state index contributed by atoms with van der Waals surface area (Å²) in [7, 11) is 0. The predicted molar refractivity (Wildman–Crippen MR) is 145 cm³/mol. The Morgan fingerprint density at radius 2 is 1.67 bits per heavy atom. The lowest BCUT2D eigenvalue weighted by molar-refractivity contribution is -0.156.